The molecule has 2 nitrogen and oxygen atoms in total. The molecule has 1 aliphatic carbocycles. The van der Waals surface area contributed by atoms with Crippen LogP contribution in [0.25, 0.3) is 0 Å². The van der Waals surface area contributed by atoms with Crippen LogP contribution in [0.1, 0.15) is 23.6 Å². The number of hydrazine groups is 1. The Kier molecular flexibility index (Phi) is 2.67. The number of aryl methyl sites for hydroxylation is 1. The molecule has 0 aliphatic heterocycles. The Morgan fingerprint density at radius 3 is 2.92 bits per heavy atom. The van der Waals surface area contributed by atoms with E-state index in [0.29, 0.717) is 4.83 Å². The molecule has 0 aromatic heterocycles. The van der Waals surface area contributed by atoms with Crippen molar-refractivity contribution in [3.8, 4) is 0 Å². The predicted octanol–water partition coefficient (Wildman–Crippen LogP) is 1.90. The highest BCUT2D eigenvalue weighted by Crippen LogP contribution is 2.33. The van der Waals surface area contributed by atoms with Gasteiger partial charge in [-0.25, -0.2) is 0 Å². The maximum absolute atomic E-state index is 5.53. The molecule has 0 fully saturated rings. The van der Waals surface area contributed by atoms with E-state index in [2.05, 4.69) is 45.6 Å². The van der Waals surface area contributed by atoms with Gasteiger partial charge in [-0.3, -0.25) is 11.3 Å². The van der Waals surface area contributed by atoms with Crippen molar-refractivity contribution in [3.63, 3.8) is 0 Å². The van der Waals surface area contributed by atoms with Crippen molar-refractivity contribution in [2.75, 3.05) is 0 Å². The standard InChI is InChI=1S/C10H13BrN2/c11-9-6-5-7-3-1-2-4-8(7)10(9)13-12/h1-4,9-10,13H,5-6,12H2. The Bertz CT molecular complexity index is 301. The molecule has 0 spiro atoms. The van der Waals surface area contributed by atoms with Gasteiger partial charge < -0.3 is 0 Å². The minimum atomic E-state index is 0.255. The lowest BCUT2D eigenvalue weighted by molar-refractivity contribution is 0.490. The van der Waals surface area contributed by atoms with Gasteiger partial charge in [0.05, 0.1) is 6.04 Å². The first-order valence-corrected chi connectivity index (χ1v) is 5.42. The number of nitrogens with two attached hydrogens (primary N) is 1. The zero-order valence-electron chi connectivity index (χ0n) is 7.33. The Hall–Kier alpha value is -0.380. The molecule has 0 bridgehead atoms. The molecule has 0 saturated heterocycles. The first-order valence-electron chi connectivity index (χ1n) is 4.51. The first kappa shape index (κ1) is 9.19. The van der Waals surface area contributed by atoms with Gasteiger partial charge in [-0.05, 0) is 24.0 Å². The number of nitrogens with one attached hydrogen (secondary N) is 1. The Balaban J connectivity index is 2.39. The predicted molar refractivity (Wildman–Crippen MR) is 57.5 cm³/mol. The molecule has 2 atom stereocenters. The summed E-state index contributed by atoms with van der Waals surface area (Å²) in [5.41, 5.74) is 5.61. The summed E-state index contributed by atoms with van der Waals surface area (Å²) < 4.78 is 0. The smallest absolute Gasteiger partial charge is 0.0587 e. The molecule has 1 aromatic rings. The minimum Gasteiger partial charge on any atom is -0.271 e. The topological polar surface area (TPSA) is 38.0 Å². The second-order valence-electron chi connectivity index (χ2n) is 3.40. The van der Waals surface area contributed by atoms with Crippen molar-refractivity contribution in [1.82, 2.24) is 5.43 Å². The van der Waals surface area contributed by atoms with E-state index >= 15 is 0 Å². The summed E-state index contributed by atoms with van der Waals surface area (Å²) in [4.78, 5) is 0.451. The number of fused-ring (bicyclic) bond motifs is 1. The van der Waals surface area contributed by atoms with Crippen molar-refractivity contribution in [1.29, 1.82) is 0 Å². The number of alkyl halides is 1. The molecule has 1 aliphatic rings. The van der Waals surface area contributed by atoms with E-state index in [1.54, 1.807) is 0 Å². The quantitative estimate of drug-likeness (QED) is 0.447. The molecule has 3 heteroatoms. The van der Waals surface area contributed by atoms with E-state index in [0.717, 1.165) is 12.8 Å². The number of halogens is 1. The van der Waals surface area contributed by atoms with Gasteiger partial charge in [0.2, 0.25) is 0 Å². The molecule has 2 rings (SSSR count). The molecule has 0 heterocycles. The van der Waals surface area contributed by atoms with Crippen LogP contribution < -0.4 is 11.3 Å². The zero-order chi connectivity index (χ0) is 9.26. The Labute approximate surface area is 86.6 Å². The van der Waals surface area contributed by atoms with Gasteiger partial charge in [-0.2, -0.15) is 0 Å². The van der Waals surface area contributed by atoms with E-state index in [1.165, 1.54) is 11.1 Å². The number of benzene rings is 1. The number of rotatable bonds is 1. The molecular weight excluding hydrogens is 228 g/mol. The van der Waals surface area contributed by atoms with E-state index in [4.69, 9.17) is 5.84 Å². The highest BCUT2D eigenvalue weighted by molar-refractivity contribution is 9.09. The second-order valence-corrected chi connectivity index (χ2v) is 4.57. The van der Waals surface area contributed by atoms with Crippen molar-refractivity contribution < 1.29 is 0 Å². The number of hydrogen-bond acceptors (Lipinski definition) is 2. The normalized spacial score (nSPS) is 26.9. The number of hydrogen-bond donors (Lipinski definition) is 2. The van der Waals surface area contributed by atoms with Gasteiger partial charge in [-0.1, -0.05) is 40.2 Å². The molecule has 0 amide bonds. The second kappa shape index (κ2) is 3.78. The van der Waals surface area contributed by atoms with Crippen LogP contribution in [0.15, 0.2) is 24.3 Å². The third-order valence-corrected chi connectivity index (χ3v) is 3.61. The van der Waals surface area contributed by atoms with Crippen molar-refractivity contribution in [2.24, 2.45) is 5.84 Å². The van der Waals surface area contributed by atoms with E-state index in [9.17, 15) is 0 Å². The monoisotopic (exact) mass is 240 g/mol. The maximum atomic E-state index is 5.53. The molecule has 70 valence electrons. The molecule has 13 heavy (non-hydrogen) atoms. The molecule has 1 aromatic carbocycles. The third-order valence-electron chi connectivity index (χ3n) is 2.62. The summed E-state index contributed by atoms with van der Waals surface area (Å²) in [5.74, 6) is 5.53. The molecule has 0 radical (unpaired) electrons. The van der Waals surface area contributed by atoms with Crippen LogP contribution in [0.4, 0.5) is 0 Å². The molecule has 0 saturated carbocycles. The largest absolute Gasteiger partial charge is 0.271 e. The van der Waals surface area contributed by atoms with Crippen LogP contribution in [-0.4, -0.2) is 4.83 Å². The van der Waals surface area contributed by atoms with Crippen LogP contribution in [0.3, 0.4) is 0 Å². The summed E-state index contributed by atoms with van der Waals surface area (Å²) in [5, 5.41) is 0. The van der Waals surface area contributed by atoms with Crippen LogP contribution in [0.2, 0.25) is 0 Å². The Morgan fingerprint density at radius 2 is 2.15 bits per heavy atom. The molecule has 2 unspecified atom stereocenters. The van der Waals surface area contributed by atoms with E-state index < -0.39 is 0 Å². The summed E-state index contributed by atoms with van der Waals surface area (Å²) in [6.07, 6.45) is 2.29. The summed E-state index contributed by atoms with van der Waals surface area (Å²) in [6.45, 7) is 0. The van der Waals surface area contributed by atoms with Gasteiger partial charge in [-0.15, -0.1) is 0 Å². The highest BCUT2D eigenvalue weighted by Gasteiger charge is 2.25. The van der Waals surface area contributed by atoms with Crippen molar-refractivity contribution in [2.45, 2.75) is 23.7 Å². The third kappa shape index (κ3) is 1.64. The summed E-state index contributed by atoms with van der Waals surface area (Å²) >= 11 is 3.64. The van der Waals surface area contributed by atoms with E-state index in [-0.39, 0.29) is 6.04 Å². The van der Waals surface area contributed by atoms with Gasteiger partial charge in [0.25, 0.3) is 0 Å². The summed E-state index contributed by atoms with van der Waals surface area (Å²) in [7, 11) is 0. The minimum absolute atomic E-state index is 0.255. The van der Waals surface area contributed by atoms with Gasteiger partial charge in [0.15, 0.2) is 0 Å². The van der Waals surface area contributed by atoms with Gasteiger partial charge in [0.1, 0.15) is 0 Å². The SMILES string of the molecule is NNC1c2ccccc2CCC1Br. The van der Waals surface area contributed by atoms with Crippen LogP contribution in [-0.2, 0) is 6.42 Å². The fraction of sp³-hybridized carbons (Fsp3) is 0.400. The highest BCUT2D eigenvalue weighted by atomic mass is 79.9. The fourth-order valence-corrected chi connectivity index (χ4v) is 2.58. The van der Waals surface area contributed by atoms with Gasteiger partial charge in [0, 0.05) is 4.83 Å². The maximum Gasteiger partial charge on any atom is 0.0587 e. The lowest BCUT2D eigenvalue weighted by Gasteiger charge is -2.29. The van der Waals surface area contributed by atoms with Crippen molar-refractivity contribution >= 4 is 15.9 Å². The average Bonchev–Trinajstić information content (AvgIpc) is 2.18. The first-order chi connectivity index (χ1) is 6.33. The van der Waals surface area contributed by atoms with Crippen molar-refractivity contribution in [3.05, 3.63) is 35.4 Å². The lowest BCUT2D eigenvalue weighted by Crippen LogP contribution is -2.37. The Morgan fingerprint density at radius 1 is 1.38 bits per heavy atom. The molecular formula is C10H13BrN2. The van der Waals surface area contributed by atoms with Crippen LogP contribution in [0, 0.1) is 0 Å². The van der Waals surface area contributed by atoms with Crippen LogP contribution >= 0.6 is 15.9 Å². The average molecular weight is 241 g/mol. The molecule has 3 N–H and O–H groups in total. The fourth-order valence-electron chi connectivity index (χ4n) is 1.91. The summed E-state index contributed by atoms with van der Waals surface area (Å²) in [6, 6.07) is 8.73. The van der Waals surface area contributed by atoms with E-state index in [1.807, 2.05) is 0 Å². The lowest BCUT2D eigenvalue weighted by atomic mass is 9.88. The van der Waals surface area contributed by atoms with Gasteiger partial charge >= 0.3 is 0 Å². The zero-order valence-corrected chi connectivity index (χ0v) is 8.92. The van der Waals surface area contributed by atoms with Crippen LogP contribution in [0.5, 0.6) is 0 Å².